The molecule has 0 spiro atoms. The number of rotatable bonds is 16. The van der Waals surface area contributed by atoms with Crippen LogP contribution >= 0.6 is 11.8 Å². The van der Waals surface area contributed by atoms with Gasteiger partial charge in [-0.1, -0.05) is 55.2 Å². The summed E-state index contributed by atoms with van der Waals surface area (Å²) in [5, 5.41) is 5.43. The lowest BCUT2D eigenvalue weighted by molar-refractivity contribution is -0.132. The molecular weight excluding hydrogens is 448 g/mol. The molecule has 0 aliphatic carbocycles. The van der Waals surface area contributed by atoms with Crippen LogP contribution in [-0.4, -0.2) is 41.3 Å². The Labute approximate surface area is 210 Å². The summed E-state index contributed by atoms with van der Waals surface area (Å²) in [4.78, 5) is 36.5. The van der Waals surface area contributed by atoms with Gasteiger partial charge >= 0.3 is 0 Å². The number of carbonyl (C=O) groups excluding carboxylic acids is 3. The second-order valence-electron chi connectivity index (χ2n) is 9.13. The monoisotopic (exact) mass is 494 g/mol. The van der Waals surface area contributed by atoms with E-state index < -0.39 is 18.0 Å². The molecule has 1 unspecified atom stereocenters. The summed E-state index contributed by atoms with van der Waals surface area (Å²) in [6.07, 6.45) is 11.7. The van der Waals surface area contributed by atoms with Gasteiger partial charge < -0.3 is 10.6 Å². The molecule has 0 aromatic rings. The van der Waals surface area contributed by atoms with Crippen molar-refractivity contribution in [3.05, 3.63) is 34.9 Å². The molecule has 0 saturated carbocycles. The molecule has 8 heteroatoms. The fourth-order valence-electron chi connectivity index (χ4n) is 3.19. The van der Waals surface area contributed by atoms with Crippen molar-refractivity contribution in [1.29, 1.82) is 0 Å². The van der Waals surface area contributed by atoms with Gasteiger partial charge in [0.1, 0.15) is 12.1 Å². The lowest BCUT2D eigenvalue weighted by Gasteiger charge is -2.25. The summed E-state index contributed by atoms with van der Waals surface area (Å²) in [5.41, 5.74) is 6.20. The maximum atomic E-state index is 12.7. The Kier molecular flexibility index (Phi) is 17.2. The largest absolute Gasteiger partial charge is 0.344 e. The average molecular weight is 495 g/mol. The number of thioether (sulfide) groups is 1. The van der Waals surface area contributed by atoms with E-state index in [0.29, 0.717) is 5.75 Å². The molecule has 0 aromatic carbocycles. The van der Waals surface area contributed by atoms with Crippen molar-refractivity contribution in [2.45, 2.75) is 92.7 Å². The van der Waals surface area contributed by atoms with Gasteiger partial charge in [0, 0.05) is 18.4 Å². The lowest BCUT2D eigenvalue weighted by atomic mass is 9.98. The topological polar surface area (TPSA) is 113 Å². The second kappa shape index (κ2) is 18.3. The summed E-state index contributed by atoms with van der Waals surface area (Å²) < 4.78 is 0. The molecule has 34 heavy (non-hydrogen) atoms. The van der Waals surface area contributed by atoms with Gasteiger partial charge in [-0.05, 0) is 59.3 Å². The molecule has 7 nitrogen and oxygen atoms in total. The standard InChI is InChI=1S/C26H46N4O3S/c1-8-21(6)24(28-22(7)31)26(33)29-23(25(32)30-27)17-34-16-15-20(5)14-10-13-19(4)12-9-11-18(2)3/h11,13,15,21,23-24H,8-10,12,14,16-17,27H2,1-7H3,(H,28,31)(H,29,33)(H,30,32)/b19-13+,20-15+/t21-,23-,24?/m0/s1. The molecule has 3 amide bonds. The van der Waals surface area contributed by atoms with E-state index in [2.05, 4.69) is 62.0 Å². The number of amides is 3. The molecule has 0 heterocycles. The molecule has 3 atom stereocenters. The zero-order valence-electron chi connectivity index (χ0n) is 22.1. The third-order valence-corrected chi connectivity index (χ3v) is 6.56. The van der Waals surface area contributed by atoms with Crippen LogP contribution in [-0.2, 0) is 14.4 Å². The van der Waals surface area contributed by atoms with Crippen molar-refractivity contribution in [3.8, 4) is 0 Å². The van der Waals surface area contributed by atoms with Gasteiger partial charge in [0.15, 0.2) is 0 Å². The number of hydrazine groups is 1. The van der Waals surface area contributed by atoms with Crippen LogP contribution in [0.1, 0.15) is 80.6 Å². The zero-order chi connectivity index (χ0) is 26.1. The van der Waals surface area contributed by atoms with Gasteiger partial charge in [0.05, 0.1) is 0 Å². The smallest absolute Gasteiger partial charge is 0.257 e. The minimum atomic E-state index is -0.775. The summed E-state index contributed by atoms with van der Waals surface area (Å²) in [6, 6.07) is -1.47. The number of hydrogen-bond acceptors (Lipinski definition) is 5. The minimum Gasteiger partial charge on any atom is -0.344 e. The van der Waals surface area contributed by atoms with Gasteiger partial charge in [-0.2, -0.15) is 11.8 Å². The van der Waals surface area contributed by atoms with Crippen molar-refractivity contribution in [2.75, 3.05) is 11.5 Å². The van der Waals surface area contributed by atoms with Crippen LogP contribution in [0, 0.1) is 5.92 Å². The highest BCUT2D eigenvalue weighted by atomic mass is 32.2. The van der Waals surface area contributed by atoms with Crippen molar-refractivity contribution in [3.63, 3.8) is 0 Å². The Morgan fingerprint density at radius 2 is 1.47 bits per heavy atom. The second-order valence-corrected chi connectivity index (χ2v) is 10.2. The van der Waals surface area contributed by atoms with Crippen molar-refractivity contribution in [1.82, 2.24) is 16.1 Å². The first kappa shape index (κ1) is 31.9. The number of nitrogens with one attached hydrogen (secondary N) is 3. The first-order valence-electron chi connectivity index (χ1n) is 12.1. The van der Waals surface area contributed by atoms with Crippen LogP contribution in [0.5, 0.6) is 0 Å². The number of allylic oxidation sites excluding steroid dienone is 5. The first-order valence-corrected chi connectivity index (χ1v) is 13.3. The van der Waals surface area contributed by atoms with E-state index in [-0.39, 0.29) is 17.7 Å². The Hall–Kier alpha value is -2.06. The molecule has 0 aliphatic heterocycles. The maximum Gasteiger partial charge on any atom is 0.257 e. The number of hydrogen-bond donors (Lipinski definition) is 4. The van der Waals surface area contributed by atoms with Crippen LogP contribution in [0.25, 0.3) is 0 Å². The van der Waals surface area contributed by atoms with Crippen LogP contribution in [0.3, 0.4) is 0 Å². The van der Waals surface area contributed by atoms with Gasteiger partial charge in [-0.15, -0.1) is 0 Å². The molecular formula is C26H46N4O3S. The van der Waals surface area contributed by atoms with Crippen molar-refractivity contribution < 1.29 is 14.4 Å². The predicted octanol–water partition coefficient (Wildman–Crippen LogP) is 4.16. The molecule has 0 bridgehead atoms. The average Bonchev–Trinajstić information content (AvgIpc) is 2.77. The quantitative estimate of drug-likeness (QED) is 0.0846. The van der Waals surface area contributed by atoms with E-state index >= 15 is 0 Å². The number of carbonyl (C=O) groups is 3. The Balaban J connectivity index is 4.71. The van der Waals surface area contributed by atoms with Gasteiger partial charge in [0.25, 0.3) is 5.91 Å². The summed E-state index contributed by atoms with van der Waals surface area (Å²) in [5.74, 6) is 5.26. The van der Waals surface area contributed by atoms with E-state index in [1.807, 2.05) is 13.8 Å². The zero-order valence-corrected chi connectivity index (χ0v) is 22.9. The van der Waals surface area contributed by atoms with Crippen LogP contribution < -0.4 is 21.9 Å². The fourth-order valence-corrected chi connectivity index (χ4v) is 4.20. The predicted molar refractivity (Wildman–Crippen MR) is 144 cm³/mol. The summed E-state index contributed by atoms with van der Waals surface area (Å²) in [6.45, 7) is 13.8. The third-order valence-electron chi connectivity index (χ3n) is 5.59. The maximum absolute atomic E-state index is 12.7. The van der Waals surface area contributed by atoms with Crippen molar-refractivity contribution in [2.24, 2.45) is 11.8 Å². The lowest BCUT2D eigenvalue weighted by Crippen LogP contribution is -2.57. The van der Waals surface area contributed by atoms with Crippen molar-refractivity contribution >= 4 is 29.5 Å². The van der Waals surface area contributed by atoms with Gasteiger partial charge in [-0.25, -0.2) is 5.84 Å². The Bertz CT molecular complexity index is 742. The third kappa shape index (κ3) is 15.0. The van der Waals surface area contributed by atoms with E-state index in [1.165, 1.54) is 23.6 Å². The Morgan fingerprint density at radius 3 is 2.00 bits per heavy atom. The highest BCUT2D eigenvalue weighted by Crippen LogP contribution is 2.14. The van der Waals surface area contributed by atoms with Gasteiger partial charge in [-0.3, -0.25) is 19.8 Å². The molecule has 5 N–H and O–H groups in total. The van der Waals surface area contributed by atoms with E-state index in [1.54, 1.807) is 11.8 Å². The molecule has 0 radical (unpaired) electrons. The molecule has 0 rings (SSSR count). The van der Waals surface area contributed by atoms with Crippen LogP contribution in [0.2, 0.25) is 0 Å². The normalized spacial score (nSPS) is 14.6. The fraction of sp³-hybridized carbons (Fsp3) is 0.654. The molecule has 0 saturated heterocycles. The number of nitrogens with two attached hydrogens (primary N) is 1. The highest BCUT2D eigenvalue weighted by molar-refractivity contribution is 7.99. The van der Waals surface area contributed by atoms with Crippen LogP contribution in [0.15, 0.2) is 34.9 Å². The Morgan fingerprint density at radius 1 is 0.882 bits per heavy atom. The molecule has 194 valence electrons. The minimum absolute atomic E-state index is 0.0614. The summed E-state index contributed by atoms with van der Waals surface area (Å²) in [7, 11) is 0. The molecule has 0 fully saturated rings. The SMILES string of the molecule is CC[C@H](C)C(NC(C)=O)C(=O)N[C@@H](CSC/C=C(\C)CC/C=C(\C)CCC=C(C)C)C(=O)NN. The van der Waals surface area contributed by atoms with E-state index in [4.69, 9.17) is 5.84 Å². The molecule has 0 aromatic heterocycles. The first-order chi connectivity index (χ1) is 16.0. The van der Waals surface area contributed by atoms with Gasteiger partial charge in [0.2, 0.25) is 11.8 Å². The highest BCUT2D eigenvalue weighted by Gasteiger charge is 2.28. The van der Waals surface area contributed by atoms with E-state index in [9.17, 15) is 14.4 Å². The summed E-state index contributed by atoms with van der Waals surface area (Å²) >= 11 is 1.55. The van der Waals surface area contributed by atoms with Crippen LogP contribution in [0.4, 0.5) is 0 Å². The molecule has 0 aliphatic rings. The van der Waals surface area contributed by atoms with E-state index in [0.717, 1.165) is 37.9 Å².